The lowest BCUT2D eigenvalue weighted by Gasteiger charge is -2.20. The second-order valence-corrected chi connectivity index (χ2v) is 3.97. The minimum atomic E-state index is 0.178. The molecule has 0 amide bonds. The molecule has 0 aromatic rings. The highest BCUT2D eigenvalue weighted by Crippen LogP contribution is 2.33. The molecule has 66 valence electrons. The Morgan fingerprint density at radius 2 is 2.17 bits per heavy atom. The summed E-state index contributed by atoms with van der Waals surface area (Å²) in [5.74, 6) is 0.178. The van der Waals surface area contributed by atoms with Crippen molar-refractivity contribution in [2.75, 3.05) is 0 Å². The van der Waals surface area contributed by atoms with Gasteiger partial charge in [0.1, 0.15) is 0 Å². The molecule has 0 radical (unpaired) electrons. The van der Waals surface area contributed by atoms with Crippen molar-refractivity contribution in [1.29, 1.82) is 5.41 Å². The van der Waals surface area contributed by atoms with E-state index in [-0.39, 0.29) is 5.92 Å². The van der Waals surface area contributed by atoms with Crippen molar-refractivity contribution in [2.45, 2.75) is 19.3 Å². The topological polar surface area (TPSA) is 23.9 Å². The van der Waals surface area contributed by atoms with Gasteiger partial charge >= 0.3 is 0 Å². The summed E-state index contributed by atoms with van der Waals surface area (Å²) in [5.41, 5.74) is 0.493. The van der Waals surface area contributed by atoms with Crippen LogP contribution in [-0.4, -0.2) is 11.1 Å². The Labute approximate surface area is 87.2 Å². The van der Waals surface area contributed by atoms with Gasteiger partial charge in [-0.3, -0.25) is 0 Å². The zero-order chi connectivity index (χ0) is 9.14. The van der Waals surface area contributed by atoms with Gasteiger partial charge in [0.2, 0.25) is 0 Å². The minimum absolute atomic E-state index is 0.178. The van der Waals surface area contributed by atoms with E-state index in [2.05, 4.69) is 12.2 Å². The van der Waals surface area contributed by atoms with Crippen molar-refractivity contribution >= 4 is 46.5 Å². The Balaban J connectivity index is 2.66. The highest BCUT2D eigenvalue weighted by atomic mass is 35.5. The number of hydrogen-bond donors (Lipinski definition) is 1. The third-order valence-corrected chi connectivity index (χ3v) is 3.15. The fourth-order valence-corrected chi connectivity index (χ4v) is 1.89. The molecule has 0 saturated carbocycles. The first-order valence-corrected chi connectivity index (χ1v) is 4.94. The molecule has 1 aliphatic rings. The summed E-state index contributed by atoms with van der Waals surface area (Å²) in [5, 5.41) is 10.3. The van der Waals surface area contributed by atoms with Crippen LogP contribution in [-0.2, 0) is 0 Å². The number of halogens is 2. The van der Waals surface area contributed by atoms with Gasteiger partial charge in [0.25, 0.3) is 0 Å². The summed E-state index contributed by atoms with van der Waals surface area (Å²) in [6.45, 7) is 0. The first kappa shape index (κ1) is 10.2. The Bertz CT molecular complexity index is 247. The highest BCUT2D eigenvalue weighted by molar-refractivity contribution is 7.80. The summed E-state index contributed by atoms with van der Waals surface area (Å²) in [6.07, 6.45) is 2.34. The summed E-state index contributed by atoms with van der Waals surface area (Å²) >= 11 is 16.4. The maximum absolute atomic E-state index is 7.50. The zero-order valence-corrected chi connectivity index (χ0v) is 8.77. The van der Waals surface area contributed by atoms with Crippen molar-refractivity contribution in [3.05, 3.63) is 10.1 Å². The molecule has 0 spiro atoms. The molecule has 1 atom stereocenters. The fourth-order valence-electron chi connectivity index (χ4n) is 1.23. The molecule has 0 aliphatic heterocycles. The number of allylic oxidation sites excluding steroid dienone is 2. The van der Waals surface area contributed by atoms with Gasteiger partial charge in [-0.2, -0.15) is 0 Å². The van der Waals surface area contributed by atoms with E-state index in [0.29, 0.717) is 17.2 Å². The van der Waals surface area contributed by atoms with E-state index in [4.69, 9.17) is 28.6 Å². The quantitative estimate of drug-likeness (QED) is 0.561. The van der Waals surface area contributed by atoms with Gasteiger partial charge < -0.3 is 5.41 Å². The van der Waals surface area contributed by atoms with Gasteiger partial charge in [0.05, 0.1) is 0 Å². The number of hydrogen-bond acceptors (Lipinski definition) is 2. The molecule has 0 heterocycles. The third kappa shape index (κ3) is 2.28. The average molecular weight is 222 g/mol. The number of thiocarbonyl (C=S) groups is 1. The maximum atomic E-state index is 7.50. The van der Waals surface area contributed by atoms with Gasteiger partial charge in [-0.05, 0) is 19.3 Å². The van der Waals surface area contributed by atoms with Crippen LogP contribution in [0.5, 0.6) is 0 Å². The Hall–Kier alpha value is 0.0800. The van der Waals surface area contributed by atoms with E-state index in [0.717, 1.165) is 17.9 Å². The van der Waals surface area contributed by atoms with E-state index >= 15 is 0 Å². The standard InChI is InChI=1S/C8H9Cl2NS/c9-6-2-1-5(3-7(6)10)8(11)4-12/h4-5,11H,1-3H2. The maximum Gasteiger partial charge on any atom is 0.0455 e. The first-order valence-electron chi connectivity index (χ1n) is 3.71. The lowest BCUT2D eigenvalue weighted by Crippen LogP contribution is -2.17. The molecule has 1 rings (SSSR count). The van der Waals surface area contributed by atoms with Crippen LogP contribution in [0.4, 0.5) is 0 Å². The van der Waals surface area contributed by atoms with E-state index in [1.165, 1.54) is 5.37 Å². The average Bonchev–Trinajstić information content (AvgIpc) is 2.08. The zero-order valence-electron chi connectivity index (χ0n) is 6.44. The Kier molecular flexibility index (Phi) is 3.69. The minimum Gasteiger partial charge on any atom is -0.304 e. The summed E-state index contributed by atoms with van der Waals surface area (Å²) in [7, 11) is 0. The first-order chi connectivity index (χ1) is 5.65. The van der Waals surface area contributed by atoms with Gasteiger partial charge in [-0.25, -0.2) is 0 Å². The number of nitrogens with one attached hydrogen (secondary N) is 1. The van der Waals surface area contributed by atoms with Gasteiger partial charge in [-0.1, -0.05) is 35.4 Å². The molecule has 4 heteroatoms. The van der Waals surface area contributed by atoms with Crippen molar-refractivity contribution < 1.29 is 0 Å². The second kappa shape index (κ2) is 4.35. The molecule has 12 heavy (non-hydrogen) atoms. The van der Waals surface area contributed by atoms with Crippen LogP contribution < -0.4 is 0 Å². The normalized spacial score (nSPS) is 24.0. The van der Waals surface area contributed by atoms with Crippen LogP contribution in [0.1, 0.15) is 19.3 Å². The van der Waals surface area contributed by atoms with Crippen LogP contribution in [0, 0.1) is 11.3 Å². The lowest BCUT2D eigenvalue weighted by molar-refractivity contribution is 0.607. The molecule has 1 aliphatic carbocycles. The molecule has 0 aromatic heterocycles. The summed E-state index contributed by atoms with van der Waals surface area (Å²) < 4.78 is 0. The third-order valence-electron chi connectivity index (χ3n) is 2.00. The van der Waals surface area contributed by atoms with Crippen LogP contribution in [0.25, 0.3) is 0 Å². The molecule has 1 unspecified atom stereocenters. The monoisotopic (exact) mass is 221 g/mol. The Morgan fingerprint density at radius 3 is 2.67 bits per heavy atom. The van der Waals surface area contributed by atoms with E-state index in [1.807, 2.05) is 0 Å². The second-order valence-electron chi connectivity index (χ2n) is 2.82. The fraction of sp³-hybridized carbons (Fsp3) is 0.500. The van der Waals surface area contributed by atoms with Crippen LogP contribution in [0.15, 0.2) is 10.1 Å². The van der Waals surface area contributed by atoms with Gasteiger partial charge in [0, 0.05) is 27.1 Å². The predicted molar refractivity (Wildman–Crippen MR) is 57.5 cm³/mol. The molecule has 0 aromatic carbocycles. The van der Waals surface area contributed by atoms with Crippen molar-refractivity contribution in [3.8, 4) is 0 Å². The number of rotatable bonds is 2. The van der Waals surface area contributed by atoms with Gasteiger partial charge in [0.15, 0.2) is 0 Å². The molecular formula is C8H9Cl2NS. The van der Waals surface area contributed by atoms with E-state index < -0.39 is 0 Å². The largest absolute Gasteiger partial charge is 0.304 e. The highest BCUT2D eigenvalue weighted by Gasteiger charge is 2.21. The SMILES string of the molecule is N=C(C=S)C1CCC(Cl)=C(Cl)C1. The lowest BCUT2D eigenvalue weighted by atomic mass is 9.90. The summed E-state index contributed by atoms with van der Waals surface area (Å²) in [4.78, 5) is 0. The molecule has 0 fully saturated rings. The molecular weight excluding hydrogens is 213 g/mol. The van der Waals surface area contributed by atoms with Crippen molar-refractivity contribution in [2.24, 2.45) is 5.92 Å². The Morgan fingerprint density at radius 1 is 1.50 bits per heavy atom. The van der Waals surface area contributed by atoms with Crippen molar-refractivity contribution in [1.82, 2.24) is 0 Å². The van der Waals surface area contributed by atoms with E-state index in [9.17, 15) is 0 Å². The van der Waals surface area contributed by atoms with Gasteiger partial charge in [-0.15, -0.1) is 0 Å². The van der Waals surface area contributed by atoms with Crippen molar-refractivity contribution in [3.63, 3.8) is 0 Å². The van der Waals surface area contributed by atoms with E-state index in [1.54, 1.807) is 0 Å². The molecule has 1 nitrogen and oxygen atoms in total. The molecule has 0 saturated heterocycles. The smallest absolute Gasteiger partial charge is 0.0455 e. The predicted octanol–water partition coefficient (Wildman–Crippen LogP) is 3.50. The molecule has 1 N–H and O–H groups in total. The summed E-state index contributed by atoms with van der Waals surface area (Å²) in [6, 6.07) is 0. The van der Waals surface area contributed by atoms with Crippen LogP contribution in [0.3, 0.4) is 0 Å². The van der Waals surface area contributed by atoms with Crippen LogP contribution in [0.2, 0.25) is 0 Å². The molecule has 0 bridgehead atoms. The van der Waals surface area contributed by atoms with Crippen LogP contribution >= 0.6 is 35.4 Å².